The second-order valence-electron chi connectivity index (χ2n) is 4.62. The zero-order chi connectivity index (χ0) is 12.8. The lowest BCUT2D eigenvalue weighted by Gasteiger charge is -2.25. The summed E-state index contributed by atoms with van der Waals surface area (Å²) in [5, 5.41) is 6.29. The van der Waals surface area contributed by atoms with Gasteiger partial charge in [0.2, 0.25) is 0 Å². The summed E-state index contributed by atoms with van der Waals surface area (Å²) in [6, 6.07) is 9.65. The average Bonchev–Trinajstić information content (AvgIpc) is 2.41. The molecule has 2 N–H and O–H groups in total. The fourth-order valence-corrected chi connectivity index (χ4v) is 2.05. The molecule has 0 aliphatic carbocycles. The molecule has 0 saturated carbocycles. The SMILES string of the molecule is CC(Oc1ccccc1)C(=O)N[C@H]1CCCNC1. The van der Waals surface area contributed by atoms with Crippen LogP contribution < -0.4 is 15.4 Å². The number of benzene rings is 1. The molecule has 1 amide bonds. The summed E-state index contributed by atoms with van der Waals surface area (Å²) >= 11 is 0. The molecule has 0 spiro atoms. The molecule has 2 rings (SSSR count). The van der Waals surface area contributed by atoms with Gasteiger partial charge in [0.25, 0.3) is 5.91 Å². The standard InChI is InChI=1S/C14H20N2O2/c1-11(18-13-7-3-2-4-8-13)14(17)16-12-6-5-9-15-10-12/h2-4,7-8,11-12,15H,5-6,9-10H2,1H3,(H,16,17)/t11?,12-/m0/s1. The number of para-hydroxylation sites is 1. The minimum atomic E-state index is -0.464. The monoisotopic (exact) mass is 248 g/mol. The zero-order valence-corrected chi connectivity index (χ0v) is 10.7. The molecule has 1 saturated heterocycles. The van der Waals surface area contributed by atoms with Crippen molar-refractivity contribution in [1.29, 1.82) is 0 Å². The maximum absolute atomic E-state index is 12.0. The van der Waals surface area contributed by atoms with Gasteiger partial charge in [0.1, 0.15) is 5.75 Å². The number of hydrogen-bond donors (Lipinski definition) is 2. The normalized spacial score (nSPS) is 21.1. The van der Waals surface area contributed by atoms with Gasteiger partial charge in [-0.25, -0.2) is 0 Å². The highest BCUT2D eigenvalue weighted by atomic mass is 16.5. The molecule has 1 heterocycles. The van der Waals surface area contributed by atoms with Crippen LogP contribution in [0.2, 0.25) is 0 Å². The topological polar surface area (TPSA) is 50.4 Å². The third-order valence-electron chi connectivity index (χ3n) is 3.07. The first-order chi connectivity index (χ1) is 8.75. The van der Waals surface area contributed by atoms with Crippen molar-refractivity contribution in [3.63, 3.8) is 0 Å². The summed E-state index contributed by atoms with van der Waals surface area (Å²) in [5.41, 5.74) is 0. The Hall–Kier alpha value is -1.55. The van der Waals surface area contributed by atoms with E-state index in [9.17, 15) is 4.79 Å². The van der Waals surface area contributed by atoms with Crippen molar-refractivity contribution in [3.8, 4) is 5.75 Å². The van der Waals surface area contributed by atoms with Crippen molar-refractivity contribution >= 4 is 5.91 Å². The predicted octanol–water partition coefficient (Wildman–Crippen LogP) is 1.32. The van der Waals surface area contributed by atoms with Crippen molar-refractivity contribution in [2.75, 3.05) is 13.1 Å². The number of nitrogens with one attached hydrogen (secondary N) is 2. The first-order valence-electron chi connectivity index (χ1n) is 6.48. The van der Waals surface area contributed by atoms with Crippen molar-refractivity contribution in [1.82, 2.24) is 10.6 Å². The van der Waals surface area contributed by atoms with E-state index in [1.807, 2.05) is 30.3 Å². The van der Waals surface area contributed by atoms with Crippen LogP contribution in [0.3, 0.4) is 0 Å². The van der Waals surface area contributed by atoms with E-state index in [1.165, 1.54) is 0 Å². The summed E-state index contributed by atoms with van der Waals surface area (Å²) in [6.45, 7) is 3.67. The van der Waals surface area contributed by atoms with Crippen LogP contribution in [0.5, 0.6) is 5.75 Å². The molecule has 0 bridgehead atoms. The van der Waals surface area contributed by atoms with Gasteiger partial charge in [-0.05, 0) is 38.4 Å². The molecule has 0 aromatic heterocycles. The summed E-state index contributed by atoms with van der Waals surface area (Å²) in [6.07, 6.45) is 1.68. The van der Waals surface area contributed by atoms with E-state index in [4.69, 9.17) is 4.74 Å². The molecule has 1 aromatic carbocycles. The van der Waals surface area contributed by atoms with Crippen LogP contribution in [0, 0.1) is 0 Å². The Morgan fingerprint density at radius 1 is 1.44 bits per heavy atom. The summed E-state index contributed by atoms with van der Waals surface area (Å²) < 4.78 is 5.59. The highest BCUT2D eigenvalue weighted by Crippen LogP contribution is 2.11. The number of carbonyl (C=O) groups is 1. The largest absolute Gasteiger partial charge is 0.481 e. The Balaban J connectivity index is 1.81. The molecule has 4 nitrogen and oxygen atoms in total. The number of rotatable bonds is 4. The van der Waals surface area contributed by atoms with E-state index in [-0.39, 0.29) is 11.9 Å². The van der Waals surface area contributed by atoms with E-state index in [0.29, 0.717) is 0 Å². The lowest BCUT2D eigenvalue weighted by molar-refractivity contribution is -0.128. The smallest absolute Gasteiger partial charge is 0.261 e. The van der Waals surface area contributed by atoms with Crippen molar-refractivity contribution < 1.29 is 9.53 Å². The minimum absolute atomic E-state index is 0.0486. The Labute approximate surface area is 108 Å². The molecule has 4 heteroatoms. The second-order valence-corrected chi connectivity index (χ2v) is 4.62. The molecule has 2 atom stereocenters. The van der Waals surface area contributed by atoms with Crippen LogP contribution in [0.4, 0.5) is 0 Å². The summed E-state index contributed by atoms with van der Waals surface area (Å²) in [7, 11) is 0. The number of amides is 1. The molecule has 98 valence electrons. The van der Waals surface area contributed by atoms with Gasteiger partial charge in [-0.15, -0.1) is 0 Å². The number of hydrogen-bond acceptors (Lipinski definition) is 3. The summed E-state index contributed by atoms with van der Waals surface area (Å²) in [5.74, 6) is 0.675. The van der Waals surface area contributed by atoms with E-state index in [1.54, 1.807) is 6.92 Å². The van der Waals surface area contributed by atoms with E-state index in [0.717, 1.165) is 31.7 Å². The van der Waals surface area contributed by atoms with Crippen LogP contribution in [0.25, 0.3) is 0 Å². The Kier molecular flexibility index (Phi) is 4.59. The Morgan fingerprint density at radius 3 is 2.89 bits per heavy atom. The molecule has 1 aliphatic rings. The maximum atomic E-state index is 12.0. The van der Waals surface area contributed by atoms with Gasteiger partial charge in [-0.3, -0.25) is 4.79 Å². The number of ether oxygens (including phenoxy) is 1. The van der Waals surface area contributed by atoms with E-state index in [2.05, 4.69) is 10.6 Å². The van der Waals surface area contributed by atoms with E-state index < -0.39 is 6.10 Å². The summed E-state index contributed by atoms with van der Waals surface area (Å²) in [4.78, 5) is 12.0. The third-order valence-corrected chi connectivity index (χ3v) is 3.07. The first kappa shape index (κ1) is 12.9. The lowest BCUT2D eigenvalue weighted by Crippen LogP contribution is -2.49. The zero-order valence-electron chi connectivity index (χ0n) is 10.7. The molecular formula is C14H20N2O2. The van der Waals surface area contributed by atoms with Crippen LogP contribution in [-0.4, -0.2) is 31.1 Å². The number of carbonyl (C=O) groups excluding carboxylic acids is 1. The fraction of sp³-hybridized carbons (Fsp3) is 0.500. The van der Waals surface area contributed by atoms with Gasteiger partial charge in [0.15, 0.2) is 6.10 Å². The third kappa shape index (κ3) is 3.74. The molecular weight excluding hydrogens is 228 g/mol. The Morgan fingerprint density at radius 2 is 2.22 bits per heavy atom. The highest BCUT2D eigenvalue weighted by molar-refractivity contribution is 5.81. The van der Waals surface area contributed by atoms with Crippen LogP contribution in [0.15, 0.2) is 30.3 Å². The van der Waals surface area contributed by atoms with Gasteiger partial charge in [-0.1, -0.05) is 18.2 Å². The molecule has 1 aromatic rings. The van der Waals surface area contributed by atoms with Crippen LogP contribution >= 0.6 is 0 Å². The van der Waals surface area contributed by atoms with E-state index >= 15 is 0 Å². The second kappa shape index (κ2) is 6.40. The van der Waals surface area contributed by atoms with Gasteiger partial charge in [-0.2, -0.15) is 0 Å². The predicted molar refractivity (Wildman–Crippen MR) is 70.6 cm³/mol. The van der Waals surface area contributed by atoms with Crippen LogP contribution in [-0.2, 0) is 4.79 Å². The average molecular weight is 248 g/mol. The molecule has 18 heavy (non-hydrogen) atoms. The fourth-order valence-electron chi connectivity index (χ4n) is 2.05. The van der Waals surface area contributed by atoms with Crippen molar-refractivity contribution in [3.05, 3.63) is 30.3 Å². The molecule has 1 fully saturated rings. The van der Waals surface area contributed by atoms with Gasteiger partial charge < -0.3 is 15.4 Å². The van der Waals surface area contributed by atoms with Crippen molar-refractivity contribution in [2.24, 2.45) is 0 Å². The highest BCUT2D eigenvalue weighted by Gasteiger charge is 2.20. The first-order valence-corrected chi connectivity index (χ1v) is 6.48. The van der Waals surface area contributed by atoms with Crippen LogP contribution in [0.1, 0.15) is 19.8 Å². The van der Waals surface area contributed by atoms with Gasteiger partial charge in [0.05, 0.1) is 0 Å². The Bertz CT molecular complexity index is 375. The van der Waals surface area contributed by atoms with Gasteiger partial charge in [0, 0.05) is 12.6 Å². The molecule has 0 radical (unpaired) electrons. The van der Waals surface area contributed by atoms with Crippen molar-refractivity contribution in [2.45, 2.75) is 31.9 Å². The quantitative estimate of drug-likeness (QED) is 0.845. The minimum Gasteiger partial charge on any atom is -0.481 e. The van der Waals surface area contributed by atoms with Gasteiger partial charge >= 0.3 is 0 Å². The molecule has 1 aliphatic heterocycles. The maximum Gasteiger partial charge on any atom is 0.261 e. The lowest BCUT2D eigenvalue weighted by atomic mass is 10.1. The molecule has 1 unspecified atom stereocenters. The number of piperidine rings is 1.